The van der Waals surface area contributed by atoms with Gasteiger partial charge in [0.05, 0.1) is 7.11 Å². The van der Waals surface area contributed by atoms with Gasteiger partial charge in [-0.2, -0.15) is 0 Å². The first-order valence-corrected chi connectivity index (χ1v) is 7.45. The van der Waals surface area contributed by atoms with Crippen molar-refractivity contribution in [3.63, 3.8) is 0 Å². The number of sulfonamides is 1. The quantitative estimate of drug-likeness (QED) is 0.743. The summed E-state index contributed by atoms with van der Waals surface area (Å²) >= 11 is 0. The van der Waals surface area contributed by atoms with Gasteiger partial charge in [0.25, 0.3) is 0 Å². The predicted molar refractivity (Wildman–Crippen MR) is 74.8 cm³/mol. The first kappa shape index (κ1) is 15.1. The molecule has 0 saturated carbocycles. The number of aromatic nitrogens is 1. The molecule has 1 heterocycles. The fourth-order valence-electron chi connectivity index (χ4n) is 1.70. The molecule has 0 saturated heterocycles. The summed E-state index contributed by atoms with van der Waals surface area (Å²) in [6, 6.07) is 8.04. The van der Waals surface area contributed by atoms with Crippen LogP contribution in [0.15, 0.2) is 41.4 Å². The number of carbonyl (C=O) groups is 1. The third kappa shape index (κ3) is 3.61. The minimum absolute atomic E-state index is 0.0765. The Labute approximate surface area is 121 Å². The van der Waals surface area contributed by atoms with Gasteiger partial charge in [0, 0.05) is 12.7 Å². The highest BCUT2D eigenvalue weighted by atomic mass is 32.2. The SMILES string of the molecule is COc1cccc(CNS(=O)(=O)c2c[nH]c(C(=O)O)c2)c1. The monoisotopic (exact) mass is 310 g/mol. The number of methoxy groups -OCH3 is 1. The summed E-state index contributed by atoms with van der Waals surface area (Å²) in [5.41, 5.74) is 0.545. The number of rotatable bonds is 6. The summed E-state index contributed by atoms with van der Waals surface area (Å²) in [5, 5.41) is 8.77. The van der Waals surface area contributed by atoms with Gasteiger partial charge in [0.2, 0.25) is 10.0 Å². The average molecular weight is 310 g/mol. The molecule has 0 spiro atoms. The first-order valence-electron chi connectivity index (χ1n) is 5.96. The molecule has 0 atom stereocenters. The second-order valence-corrected chi connectivity index (χ2v) is 6.00. The van der Waals surface area contributed by atoms with Crippen molar-refractivity contribution in [2.45, 2.75) is 11.4 Å². The zero-order chi connectivity index (χ0) is 15.5. The van der Waals surface area contributed by atoms with Crippen molar-refractivity contribution >= 4 is 16.0 Å². The molecule has 3 N–H and O–H groups in total. The maximum Gasteiger partial charge on any atom is 0.352 e. The van der Waals surface area contributed by atoms with Gasteiger partial charge < -0.3 is 14.8 Å². The molecule has 0 aliphatic heterocycles. The molecule has 0 aliphatic rings. The fraction of sp³-hybridized carbons (Fsp3) is 0.154. The minimum atomic E-state index is -3.78. The molecule has 0 unspecified atom stereocenters. The van der Waals surface area contributed by atoms with E-state index in [-0.39, 0.29) is 17.1 Å². The zero-order valence-corrected chi connectivity index (χ0v) is 12.0. The van der Waals surface area contributed by atoms with Crippen LogP contribution in [-0.2, 0) is 16.6 Å². The summed E-state index contributed by atoms with van der Waals surface area (Å²) in [6.07, 6.45) is 1.14. The molecule has 1 aromatic heterocycles. The molecule has 0 fully saturated rings. The smallest absolute Gasteiger partial charge is 0.352 e. The Morgan fingerprint density at radius 2 is 2.14 bits per heavy atom. The van der Waals surface area contributed by atoms with Gasteiger partial charge in [-0.3, -0.25) is 0 Å². The van der Waals surface area contributed by atoms with Crippen molar-refractivity contribution in [2.24, 2.45) is 0 Å². The highest BCUT2D eigenvalue weighted by molar-refractivity contribution is 7.89. The number of hydrogen-bond donors (Lipinski definition) is 3. The van der Waals surface area contributed by atoms with Crippen LogP contribution in [0, 0.1) is 0 Å². The maximum absolute atomic E-state index is 12.0. The molecule has 7 nitrogen and oxygen atoms in total. The van der Waals surface area contributed by atoms with Crippen molar-refractivity contribution in [3.8, 4) is 5.75 Å². The van der Waals surface area contributed by atoms with Crippen molar-refractivity contribution in [1.82, 2.24) is 9.71 Å². The van der Waals surface area contributed by atoms with Crippen molar-refractivity contribution in [3.05, 3.63) is 47.8 Å². The number of H-pyrrole nitrogens is 1. The van der Waals surface area contributed by atoms with E-state index in [0.29, 0.717) is 5.75 Å². The van der Waals surface area contributed by atoms with Crippen LogP contribution >= 0.6 is 0 Å². The number of carboxylic acids is 1. The van der Waals surface area contributed by atoms with E-state index in [1.54, 1.807) is 24.3 Å². The molecule has 1 aromatic carbocycles. The van der Waals surface area contributed by atoms with Gasteiger partial charge in [-0.25, -0.2) is 17.9 Å². The standard InChI is InChI=1S/C13H14N2O5S/c1-20-10-4-2-3-9(5-10)7-15-21(18,19)11-6-12(13(16)17)14-8-11/h2-6,8,14-15H,7H2,1H3,(H,16,17). The van der Waals surface area contributed by atoms with Crippen LogP contribution in [0.2, 0.25) is 0 Å². The van der Waals surface area contributed by atoms with E-state index in [0.717, 1.165) is 17.8 Å². The van der Waals surface area contributed by atoms with E-state index in [1.165, 1.54) is 7.11 Å². The molecular weight excluding hydrogens is 296 g/mol. The van der Waals surface area contributed by atoms with Crippen LogP contribution in [0.5, 0.6) is 5.75 Å². The third-order valence-electron chi connectivity index (χ3n) is 2.80. The maximum atomic E-state index is 12.0. The summed E-state index contributed by atoms with van der Waals surface area (Å²) < 4.78 is 31.5. The number of hydrogen-bond acceptors (Lipinski definition) is 4. The highest BCUT2D eigenvalue weighted by Crippen LogP contribution is 2.14. The van der Waals surface area contributed by atoms with E-state index >= 15 is 0 Å². The summed E-state index contributed by atoms with van der Waals surface area (Å²) in [7, 11) is -2.25. The van der Waals surface area contributed by atoms with Gasteiger partial charge in [-0.05, 0) is 23.8 Å². The molecule has 2 aromatic rings. The van der Waals surface area contributed by atoms with Gasteiger partial charge in [-0.1, -0.05) is 12.1 Å². The van der Waals surface area contributed by atoms with E-state index in [4.69, 9.17) is 9.84 Å². The Bertz CT molecular complexity index is 751. The van der Waals surface area contributed by atoms with Gasteiger partial charge in [0.15, 0.2) is 0 Å². The van der Waals surface area contributed by atoms with Crippen molar-refractivity contribution < 1.29 is 23.1 Å². The van der Waals surface area contributed by atoms with E-state index < -0.39 is 16.0 Å². The van der Waals surface area contributed by atoms with Gasteiger partial charge in [0.1, 0.15) is 16.3 Å². The number of aromatic amines is 1. The number of carboxylic acid groups (broad SMARTS) is 1. The Kier molecular flexibility index (Phi) is 4.29. The zero-order valence-electron chi connectivity index (χ0n) is 11.2. The normalized spacial score (nSPS) is 11.3. The first-order chi connectivity index (χ1) is 9.92. The third-order valence-corrected chi connectivity index (χ3v) is 4.18. The molecule has 0 bridgehead atoms. The molecular formula is C13H14N2O5S. The van der Waals surface area contributed by atoms with Crippen LogP contribution < -0.4 is 9.46 Å². The predicted octanol–water partition coefficient (Wildman–Crippen LogP) is 1.20. The van der Waals surface area contributed by atoms with Crippen LogP contribution in [0.1, 0.15) is 16.1 Å². The van der Waals surface area contributed by atoms with Gasteiger partial charge >= 0.3 is 5.97 Å². The van der Waals surface area contributed by atoms with E-state index in [1.807, 2.05) is 0 Å². The lowest BCUT2D eigenvalue weighted by Crippen LogP contribution is -2.22. The molecule has 112 valence electrons. The highest BCUT2D eigenvalue weighted by Gasteiger charge is 2.17. The fourth-order valence-corrected chi connectivity index (χ4v) is 2.71. The summed E-state index contributed by atoms with van der Waals surface area (Å²) in [5.74, 6) is -0.592. The Morgan fingerprint density at radius 1 is 1.38 bits per heavy atom. The summed E-state index contributed by atoms with van der Waals surface area (Å²) in [4.78, 5) is 13.0. The minimum Gasteiger partial charge on any atom is -0.497 e. The second-order valence-electron chi connectivity index (χ2n) is 4.23. The number of benzene rings is 1. The second kappa shape index (κ2) is 5.98. The number of ether oxygens (including phenoxy) is 1. The molecule has 0 radical (unpaired) electrons. The number of aromatic carboxylic acids is 1. The largest absolute Gasteiger partial charge is 0.497 e. The van der Waals surface area contributed by atoms with Crippen LogP contribution in [0.25, 0.3) is 0 Å². The van der Waals surface area contributed by atoms with E-state index in [2.05, 4.69) is 9.71 Å². The van der Waals surface area contributed by atoms with Crippen LogP contribution in [0.4, 0.5) is 0 Å². The molecule has 0 amide bonds. The molecule has 0 aliphatic carbocycles. The molecule has 21 heavy (non-hydrogen) atoms. The van der Waals surface area contributed by atoms with Crippen LogP contribution in [-0.4, -0.2) is 31.6 Å². The average Bonchev–Trinajstić information content (AvgIpc) is 2.96. The lowest BCUT2D eigenvalue weighted by atomic mass is 10.2. The van der Waals surface area contributed by atoms with E-state index in [9.17, 15) is 13.2 Å². The Morgan fingerprint density at radius 3 is 2.76 bits per heavy atom. The van der Waals surface area contributed by atoms with Crippen molar-refractivity contribution in [1.29, 1.82) is 0 Å². The molecule has 2 rings (SSSR count). The lowest BCUT2D eigenvalue weighted by Gasteiger charge is -2.06. The lowest BCUT2D eigenvalue weighted by molar-refractivity contribution is 0.0691. The topological polar surface area (TPSA) is 108 Å². The summed E-state index contributed by atoms with van der Waals surface area (Å²) in [6.45, 7) is 0.0765. The molecule has 8 heteroatoms. The van der Waals surface area contributed by atoms with Crippen molar-refractivity contribution in [2.75, 3.05) is 7.11 Å². The number of nitrogens with one attached hydrogen (secondary N) is 2. The van der Waals surface area contributed by atoms with Crippen LogP contribution in [0.3, 0.4) is 0 Å². The Balaban J connectivity index is 2.11. The van der Waals surface area contributed by atoms with Gasteiger partial charge in [-0.15, -0.1) is 0 Å². The Hall–Kier alpha value is -2.32.